The Morgan fingerprint density at radius 1 is 0.844 bits per heavy atom. The first-order chi connectivity index (χ1) is 14.8. The maximum Gasteiger partial charge on any atom is 0.422 e. The van der Waals surface area contributed by atoms with Gasteiger partial charge >= 0.3 is 12.4 Å². The number of halogens is 6. The van der Waals surface area contributed by atoms with Gasteiger partial charge < -0.3 is 18.9 Å². The minimum atomic E-state index is -4.78. The summed E-state index contributed by atoms with van der Waals surface area (Å²) in [6, 6.07) is 6.28. The van der Waals surface area contributed by atoms with E-state index in [0.717, 1.165) is 12.1 Å². The third kappa shape index (κ3) is 6.48. The topological polar surface area (TPSA) is 83.1 Å². The number of rotatable bonds is 7. The predicted octanol–water partition coefficient (Wildman–Crippen LogP) is 4.14. The van der Waals surface area contributed by atoms with Crippen molar-refractivity contribution in [2.45, 2.75) is 17.2 Å². The van der Waals surface area contributed by atoms with E-state index >= 15 is 0 Å². The predicted molar refractivity (Wildman–Crippen MR) is 97.8 cm³/mol. The van der Waals surface area contributed by atoms with Gasteiger partial charge in [0.25, 0.3) is 10.0 Å². The van der Waals surface area contributed by atoms with Crippen LogP contribution in [-0.4, -0.2) is 47.2 Å². The third-order valence-electron chi connectivity index (χ3n) is 3.79. The maximum absolute atomic E-state index is 12.8. The fourth-order valence-electron chi connectivity index (χ4n) is 2.55. The summed E-state index contributed by atoms with van der Waals surface area (Å²) in [5.41, 5.74) is -0.0300. The Morgan fingerprint density at radius 3 is 2.12 bits per heavy atom. The molecule has 0 aromatic heterocycles. The van der Waals surface area contributed by atoms with Crippen LogP contribution in [-0.2, 0) is 10.0 Å². The van der Waals surface area contributed by atoms with Gasteiger partial charge in [0.2, 0.25) is 0 Å². The minimum absolute atomic E-state index is 0.0300. The van der Waals surface area contributed by atoms with Crippen molar-refractivity contribution in [1.29, 1.82) is 0 Å². The van der Waals surface area contributed by atoms with Crippen LogP contribution in [0.2, 0.25) is 0 Å². The van der Waals surface area contributed by atoms with Gasteiger partial charge in [0, 0.05) is 12.1 Å². The van der Waals surface area contributed by atoms with E-state index in [1.807, 2.05) is 0 Å². The van der Waals surface area contributed by atoms with E-state index < -0.39 is 52.0 Å². The Kier molecular flexibility index (Phi) is 6.53. The first-order valence-electron chi connectivity index (χ1n) is 8.78. The molecule has 1 N–H and O–H groups in total. The van der Waals surface area contributed by atoms with Crippen LogP contribution in [0.25, 0.3) is 0 Å². The molecule has 0 aliphatic carbocycles. The third-order valence-corrected chi connectivity index (χ3v) is 5.20. The second-order valence-electron chi connectivity index (χ2n) is 6.38. The fraction of sp³-hybridized carbons (Fsp3) is 0.333. The molecule has 0 saturated heterocycles. The molecular formula is C18H15F6NO6S. The number of anilines is 1. The molecule has 0 spiro atoms. The molecular weight excluding hydrogens is 472 g/mol. The molecule has 1 heterocycles. The van der Waals surface area contributed by atoms with Crippen molar-refractivity contribution >= 4 is 15.7 Å². The number of hydrogen-bond acceptors (Lipinski definition) is 6. The molecule has 32 heavy (non-hydrogen) atoms. The molecule has 0 radical (unpaired) electrons. The summed E-state index contributed by atoms with van der Waals surface area (Å²) in [7, 11) is -4.61. The summed E-state index contributed by atoms with van der Waals surface area (Å²) < 4.78 is 122. The number of nitrogens with one attached hydrogen (secondary N) is 1. The number of ether oxygens (including phenoxy) is 4. The quantitative estimate of drug-likeness (QED) is 0.592. The van der Waals surface area contributed by atoms with Crippen LogP contribution in [0.5, 0.6) is 23.0 Å². The zero-order valence-electron chi connectivity index (χ0n) is 15.9. The Hall–Kier alpha value is -3.03. The lowest BCUT2D eigenvalue weighted by Gasteiger charge is -2.20. The monoisotopic (exact) mass is 487 g/mol. The molecule has 0 bridgehead atoms. The summed E-state index contributed by atoms with van der Waals surface area (Å²) in [5, 5.41) is 0. The summed E-state index contributed by atoms with van der Waals surface area (Å²) >= 11 is 0. The number of benzene rings is 2. The van der Waals surface area contributed by atoms with Gasteiger partial charge in [-0.15, -0.1) is 0 Å². The standard InChI is InChI=1S/C18H15F6NO6S/c19-17(20,21)9-30-12-2-4-14(31-10-18(22,23)24)16(8-12)32(26,27)25-11-1-3-13-15(7-11)29-6-5-28-13/h1-4,7-8,25H,5-6,9-10H2. The summed E-state index contributed by atoms with van der Waals surface area (Å²) in [4.78, 5) is -0.851. The highest BCUT2D eigenvalue weighted by molar-refractivity contribution is 7.92. The zero-order chi connectivity index (χ0) is 23.6. The van der Waals surface area contributed by atoms with Crippen molar-refractivity contribution in [3.63, 3.8) is 0 Å². The first kappa shape index (κ1) is 23.6. The molecule has 14 heteroatoms. The van der Waals surface area contributed by atoms with Crippen LogP contribution >= 0.6 is 0 Å². The average Bonchev–Trinajstić information content (AvgIpc) is 2.69. The van der Waals surface area contributed by atoms with Gasteiger partial charge in [-0.25, -0.2) is 8.42 Å². The minimum Gasteiger partial charge on any atom is -0.486 e. The molecule has 0 fully saturated rings. The molecule has 7 nitrogen and oxygen atoms in total. The molecule has 0 amide bonds. The SMILES string of the molecule is O=S(=O)(Nc1ccc2c(c1)OCCO2)c1cc(OCC(F)(F)F)ccc1OCC(F)(F)F. The van der Waals surface area contributed by atoms with Crippen LogP contribution in [0.4, 0.5) is 32.0 Å². The van der Waals surface area contributed by atoms with E-state index in [1.165, 1.54) is 18.2 Å². The molecule has 0 saturated carbocycles. The summed E-state index contributed by atoms with van der Waals surface area (Å²) in [5.74, 6) is -0.681. The molecule has 1 aliphatic heterocycles. The van der Waals surface area contributed by atoms with Gasteiger partial charge in [0.1, 0.15) is 29.6 Å². The first-order valence-corrected chi connectivity index (χ1v) is 10.3. The number of alkyl halides is 6. The summed E-state index contributed by atoms with van der Waals surface area (Å²) in [6.07, 6.45) is -9.50. The van der Waals surface area contributed by atoms with Crippen molar-refractivity contribution in [2.24, 2.45) is 0 Å². The van der Waals surface area contributed by atoms with E-state index in [2.05, 4.69) is 14.2 Å². The number of sulfonamides is 1. The van der Waals surface area contributed by atoms with Gasteiger partial charge in [-0.1, -0.05) is 0 Å². The highest BCUT2D eigenvalue weighted by Gasteiger charge is 2.32. The van der Waals surface area contributed by atoms with Gasteiger partial charge in [-0.05, 0) is 24.3 Å². The van der Waals surface area contributed by atoms with Crippen LogP contribution in [0.15, 0.2) is 41.3 Å². The largest absolute Gasteiger partial charge is 0.486 e. The van der Waals surface area contributed by atoms with Crippen molar-refractivity contribution in [3.05, 3.63) is 36.4 Å². The molecule has 0 unspecified atom stereocenters. The van der Waals surface area contributed by atoms with Crippen LogP contribution in [0.1, 0.15) is 0 Å². The zero-order valence-corrected chi connectivity index (χ0v) is 16.7. The molecule has 0 atom stereocenters. The molecule has 1 aliphatic rings. The lowest BCUT2D eigenvalue weighted by molar-refractivity contribution is -0.154. The normalized spacial score (nSPS) is 14.1. The number of fused-ring (bicyclic) bond motifs is 1. The van der Waals surface area contributed by atoms with Crippen molar-refractivity contribution < 1.29 is 53.7 Å². The van der Waals surface area contributed by atoms with E-state index in [-0.39, 0.29) is 18.0 Å². The van der Waals surface area contributed by atoms with Crippen molar-refractivity contribution in [1.82, 2.24) is 0 Å². The van der Waals surface area contributed by atoms with Gasteiger partial charge in [0.15, 0.2) is 24.7 Å². The van der Waals surface area contributed by atoms with Crippen LogP contribution in [0.3, 0.4) is 0 Å². The molecule has 3 rings (SSSR count). The van der Waals surface area contributed by atoms with Gasteiger partial charge in [-0.2, -0.15) is 26.3 Å². The Balaban J connectivity index is 1.91. The Bertz CT molecular complexity index is 1070. The molecule has 176 valence electrons. The second kappa shape index (κ2) is 8.84. The average molecular weight is 487 g/mol. The van der Waals surface area contributed by atoms with E-state index in [9.17, 15) is 34.8 Å². The van der Waals surface area contributed by atoms with Crippen molar-refractivity contribution in [3.8, 4) is 23.0 Å². The second-order valence-corrected chi connectivity index (χ2v) is 8.03. The number of hydrogen-bond donors (Lipinski definition) is 1. The smallest absolute Gasteiger partial charge is 0.422 e. The van der Waals surface area contributed by atoms with Crippen LogP contribution < -0.4 is 23.7 Å². The summed E-state index contributed by atoms with van der Waals surface area (Å²) in [6.45, 7) is -3.03. The lowest BCUT2D eigenvalue weighted by Crippen LogP contribution is -2.22. The highest BCUT2D eigenvalue weighted by Crippen LogP contribution is 2.35. The fourth-order valence-corrected chi connectivity index (χ4v) is 3.76. The van der Waals surface area contributed by atoms with E-state index in [1.54, 1.807) is 0 Å². The Morgan fingerprint density at radius 2 is 1.47 bits per heavy atom. The van der Waals surface area contributed by atoms with E-state index in [4.69, 9.17) is 9.47 Å². The van der Waals surface area contributed by atoms with Gasteiger partial charge in [0.05, 0.1) is 5.69 Å². The molecule has 2 aromatic rings. The van der Waals surface area contributed by atoms with Crippen molar-refractivity contribution in [2.75, 3.05) is 31.1 Å². The van der Waals surface area contributed by atoms with E-state index in [0.29, 0.717) is 18.4 Å². The lowest BCUT2D eigenvalue weighted by atomic mass is 10.3. The molecule has 2 aromatic carbocycles. The maximum atomic E-state index is 12.8. The van der Waals surface area contributed by atoms with Crippen LogP contribution in [0, 0.1) is 0 Å². The Labute approximate surface area is 177 Å². The van der Waals surface area contributed by atoms with Gasteiger partial charge in [-0.3, -0.25) is 4.72 Å². The highest BCUT2D eigenvalue weighted by atomic mass is 32.2.